The van der Waals surface area contributed by atoms with E-state index in [4.69, 9.17) is 26.8 Å². The highest BCUT2D eigenvalue weighted by Gasteiger charge is 2.14. The Hall–Kier alpha value is -1.18. The SMILES string of the molecule is NCCO.N[C@H](CC(=O)O)C(=O)O. The van der Waals surface area contributed by atoms with Gasteiger partial charge in [-0.3, -0.25) is 9.59 Å². The molecule has 0 spiro atoms. The van der Waals surface area contributed by atoms with Crippen molar-refractivity contribution in [3.05, 3.63) is 0 Å². The molecule has 7 heteroatoms. The summed E-state index contributed by atoms with van der Waals surface area (Å²) in [6, 6.07) is -1.29. The van der Waals surface area contributed by atoms with Crippen LogP contribution in [0.4, 0.5) is 0 Å². The van der Waals surface area contributed by atoms with E-state index in [1.807, 2.05) is 0 Å². The number of hydrogen-bond donors (Lipinski definition) is 5. The molecular formula is C6H14N2O5. The standard InChI is InChI=1S/C4H7NO4.C2H7NO/c5-2(4(8)9)1-3(6)7;3-1-2-4/h2H,1,5H2,(H,6,7)(H,8,9);4H,1-3H2/t2-;/m1./s1. The zero-order chi connectivity index (χ0) is 10.9. The van der Waals surface area contributed by atoms with Crippen molar-refractivity contribution in [1.29, 1.82) is 0 Å². The van der Waals surface area contributed by atoms with E-state index in [2.05, 4.69) is 0 Å². The Bertz CT molecular complexity index is 159. The predicted molar refractivity (Wildman–Crippen MR) is 44.0 cm³/mol. The van der Waals surface area contributed by atoms with Crippen LogP contribution in [-0.2, 0) is 9.59 Å². The van der Waals surface area contributed by atoms with E-state index in [9.17, 15) is 9.59 Å². The summed E-state index contributed by atoms with van der Waals surface area (Å²) in [6.07, 6.45) is -0.532. The van der Waals surface area contributed by atoms with Gasteiger partial charge in [0, 0.05) is 6.54 Å². The van der Waals surface area contributed by atoms with E-state index in [-0.39, 0.29) is 6.61 Å². The van der Waals surface area contributed by atoms with E-state index in [0.29, 0.717) is 6.54 Å². The maximum Gasteiger partial charge on any atom is 0.321 e. The fourth-order valence-electron chi connectivity index (χ4n) is 0.275. The molecule has 0 aromatic carbocycles. The molecule has 0 aliphatic carbocycles. The Morgan fingerprint density at radius 3 is 1.77 bits per heavy atom. The molecule has 0 radical (unpaired) electrons. The third kappa shape index (κ3) is 13.8. The molecule has 0 amide bonds. The minimum atomic E-state index is -1.29. The van der Waals surface area contributed by atoms with Gasteiger partial charge in [-0.05, 0) is 0 Å². The molecule has 1 atom stereocenters. The maximum atomic E-state index is 9.85. The zero-order valence-electron chi connectivity index (χ0n) is 7.01. The molecule has 0 bridgehead atoms. The van der Waals surface area contributed by atoms with Gasteiger partial charge < -0.3 is 26.8 Å². The Balaban J connectivity index is 0. The molecule has 7 nitrogen and oxygen atoms in total. The number of rotatable bonds is 4. The van der Waals surface area contributed by atoms with Crippen molar-refractivity contribution in [3.63, 3.8) is 0 Å². The maximum absolute atomic E-state index is 9.85. The topological polar surface area (TPSA) is 147 Å². The molecule has 0 aliphatic heterocycles. The largest absolute Gasteiger partial charge is 0.481 e. The van der Waals surface area contributed by atoms with Gasteiger partial charge in [0.1, 0.15) is 6.04 Å². The van der Waals surface area contributed by atoms with Crippen molar-refractivity contribution < 1.29 is 24.9 Å². The minimum Gasteiger partial charge on any atom is -0.481 e. The highest BCUT2D eigenvalue weighted by atomic mass is 16.4. The van der Waals surface area contributed by atoms with Crippen LogP contribution in [0.2, 0.25) is 0 Å². The number of carboxylic acid groups (broad SMARTS) is 2. The van der Waals surface area contributed by atoms with Crippen molar-refractivity contribution in [2.24, 2.45) is 11.5 Å². The lowest BCUT2D eigenvalue weighted by Gasteiger charge is -1.99. The average Bonchev–Trinajstić information content (AvgIpc) is 2.03. The number of carbonyl (C=O) groups is 2. The fraction of sp³-hybridized carbons (Fsp3) is 0.667. The summed E-state index contributed by atoms with van der Waals surface area (Å²) in [5, 5.41) is 23.8. The van der Waals surface area contributed by atoms with Crippen LogP contribution in [0.1, 0.15) is 6.42 Å². The van der Waals surface area contributed by atoms with Crippen molar-refractivity contribution >= 4 is 11.9 Å². The van der Waals surface area contributed by atoms with Crippen LogP contribution in [0.15, 0.2) is 0 Å². The highest BCUT2D eigenvalue weighted by Crippen LogP contribution is 1.86. The second kappa shape index (κ2) is 8.91. The molecule has 0 aromatic rings. The first kappa shape index (κ1) is 14.3. The van der Waals surface area contributed by atoms with Crippen LogP contribution in [0.3, 0.4) is 0 Å². The lowest BCUT2D eigenvalue weighted by atomic mass is 10.2. The smallest absolute Gasteiger partial charge is 0.321 e. The second-order valence-electron chi connectivity index (χ2n) is 2.05. The third-order valence-electron chi connectivity index (χ3n) is 0.841. The van der Waals surface area contributed by atoms with Crippen molar-refractivity contribution in [2.75, 3.05) is 13.2 Å². The number of carboxylic acids is 2. The lowest BCUT2D eigenvalue weighted by Crippen LogP contribution is -2.32. The number of hydrogen-bond acceptors (Lipinski definition) is 5. The molecule has 7 N–H and O–H groups in total. The molecule has 0 heterocycles. The fourth-order valence-corrected chi connectivity index (χ4v) is 0.275. The Labute approximate surface area is 75.0 Å². The van der Waals surface area contributed by atoms with Gasteiger partial charge in [-0.1, -0.05) is 0 Å². The van der Waals surface area contributed by atoms with E-state index in [0.717, 1.165) is 0 Å². The molecule has 0 saturated carbocycles. The van der Waals surface area contributed by atoms with Crippen molar-refractivity contribution in [2.45, 2.75) is 12.5 Å². The molecule has 0 aromatic heterocycles. The number of aliphatic carboxylic acids is 2. The first-order chi connectivity index (χ1) is 5.95. The molecule has 0 unspecified atom stereocenters. The quantitative estimate of drug-likeness (QED) is 0.341. The van der Waals surface area contributed by atoms with E-state index >= 15 is 0 Å². The molecule has 13 heavy (non-hydrogen) atoms. The highest BCUT2D eigenvalue weighted by molar-refractivity contribution is 5.80. The minimum absolute atomic E-state index is 0.0972. The van der Waals surface area contributed by atoms with Crippen LogP contribution < -0.4 is 11.5 Å². The van der Waals surface area contributed by atoms with Gasteiger partial charge in [0.05, 0.1) is 13.0 Å². The van der Waals surface area contributed by atoms with Gasteiger partial charge in [-0.25, -0.2) is 0 Å². The molecule has 78 valence electrons. The lowest BCUT2D eigenvalue weighted by molar-refractivity contribution is -0.144. The molecule has 0 saturated heterocycles. The summed E-state index contributed by atoms with van der Waals surface area (Å²) in [7, 11) is 0. The predicted octanol–water partition coefficient (Wildman–Crippen LogP) is -2.19. The Kier molecular flexibility index (Phi) is 9.84. The number of aliphatic hydroxyl groups is 1. The first-order valence-electron chi connectivity index (χ1n) is 3.46. The molecule has 0 aliphatic rings. The van der Waals surface area contributed by atoms with E-state index in [1.165, 1.54) is 0 Å². The van der Waals surface area contributed by atoms with Gasteiger partial charge in [0.15, 0.2) is 0 Å². The van der Waals surface area contributed by atoms with Crippen molar-refractivity contribution in [1.82, 2.24) is 0 Å². The number of nitrogens with two attached hydrogens (primary N) is 2. The number of aliphatic hydroxyl groups excluding tert-OH is 1. The van der Waals surface area contributed by atoms with Gasteiger partial charge in [-0.15, -0.1) is 0 Å². The summed E-state index contributed by atoms with van der Waals surface area (Å²) >= 11 is 0. The van der Waals surface area contributed by atoms with Crippen molar-refractivity contribution in [3.8, 4) is 0 Å². The summed E-state index contributed by atoms with van der Waals surface area (Å²) in [4.78, 5) is 19.6. The van der Waals surface area contributed by atoms with Crippen LogP contribution in [0, 0.1) is 0 Å². The Morgan fingerprint density at radius 2 is 1.69 bits per heavy atom. The summed E-state index contributed by atoms with van der Waals surface area (Å²) in [6.45, 7) is 0.472. The molecule has 0 rings (SSSR count). The summed E-state index contributed by atoms with van der Waals surface area (Å²) < 4.78 is 0. The van der Waals surface area contributed by atoms with Crippen LogP contribution in [0.5, 0.6) is 0 Å². The summed E-state index contributed by atoms with van der Waals surface area (Å²) in [5.74, 6) is -2.50. The second-order valence-corrected chi connectivity index (χ2v) is 2.05. The first-order valence-corrected chi connectivity index (χ1v) is 3.46. The van der Waals surface area contributed by atoms with Gasteiger partial charge in [0.25, 0.3) is 0 Å². The van der Waals surface area contributed by atoms with Gasteiger partial charge in [0.2, 0.25) is 0 Å². The van der Waals surface area contributed by atoms with Crippen LogP contribution in [0.25, 0.3) is 0 Å². The van der Waals surface area contributed by atoms with Crippen LogP contribution in [-0.4, -0.2) is 46.5 Å². The zero-order valence-corrected chi connectivity index (χ0v) is 7.01. The summed E-state index contributed by atoms with van der Waals surface area (Å²) in [5.41, 5.74) is 9.61. The van der Waals surface area contributed by atoms with Crippen LogP contribution >= 0.6 is 0 Å². The normalized spacial score (nSPS) is 11.0. The average molecular weight is 194 g/mol. The third-order valence-corrected chi connectivity index (χ3v) is 0.841. The molecular weight excluding hydrogens is 180 g/mol. The van der Waals surface area contributed by atoms with E-state index < -0.39 is 24.4 Å². The van der Waals surface area contributed by atoms with E-state index in [1.54, 1.807) is 0 Å². The van der Waals surface area contributed by atoms with Gasteiger partial charge >= 0.3 is 11.9 Å². The monoisotopic (exact) mass is 194 g/mol. The Morgan fingerprint density at radius 1 is 1.31 bits per heavy atom. The van der Waals surface area contributed by atoms with Gasteiger partial charge in [-0.2, -0.15) is 0 Å². The molecule has 0 fully saturated rings.